The zero-order valence-corrected chi connectivity index (χ0v) is 13.8. The van der Waals surface area contributed by atoms with Crippen molar-refractivity contribution in [3.8, 4) is 0 Å². The van der Waals surface area contributed by atoms with E-state index in [1.54, 1.807) is 30.5 Å². The molecule has 0 saturated carbocycles. The average molecular weight is 342 g/mol. The third kappa shape index (κ3) is 4.39. The van der Waals surface area contributed by atoms with E-state index in [9.17, 15) is 9.18 Å². The van der Waals surface area contributed by atoms with Crippen LogP contribution >= 0.6 is 11.3 Å². The second-order valence-electron chi connectivity index (χ2n) is 5.21. The molecule has 1 N–H and O–H groups in total. The van der Waals surface area contributed by atoms with Crippen molar-refractivity contribution in [3.05, 3.63) is 76.4 Å². The molecule has 2 aromatic heterocycles. The lowest BCUT2D eigenvalue weighted by molar-refractivity contribution is -0.111. The first-order valence-electron chi connectivity index (χ1n) is 7.33. The predicted octanol–water partition coefficient (Wildman–Crippen LogP) is 4.43. The smallest absolute Gasteiger partial charge is 0.250 e. The van der Waals surface area contributed by atoms with Gasteiger partial charge in [0.1, 0.15) is 17.3 Å². The first-order valence-corrected chi connectivity index (χ1v) is 8.15. The lowest BCUT2D eigenvalue weighted by Crippen LogP contribution is -2.06. The molecule has 0 unspecified atom stereocenters. The van der Waals surface area contributed by atoms with Gasteiger partial charge in [-0.05, 0) is 42.8 Å². The Morgan fingerprint density at radius 2 is 2.08 bits per heavy atom. The number of thiazole rings is 1. The highest BCUT2D eigenvalue weighted by Gasteiger charge is 2.06. The van der Waals surface area contributed by atoms with E-state index in [1.165, 1.54) is 29.5 Å². The van der Waals surface area contributed by atoms with Crippen LogP contribution in [0.25, 0.3) is 6.08 Å². The van der Waals surface area contributed by atoms with Gasteiger partial charge in [-0.15, -0.1) is 11.3 Å². The Morgan fingerprint density at radius 1 is 1.29 bits per heavy atom. The third-order valence-electron chi connectivity index (χ3n) is 3.24. The maximum absolute atomic E-state index is 12.9. The van der Waals surface area contributed by atoms with Crippen molar-refractivity contribution in [3.63, 3.8) is 0 Å². The zero-order chi connectivity index (χ0) is 16.9. The number of carbonyl (C=O) groups is 1. The van der Waals surface area contributed by atoms with Gasteiger partial charge in [-0.2, -0.15) is 0 Å². The molecule has 0 aliphatic rings. The van der Waals surface area contributed by atoms with E-state index < -0.39 is 0 Å². The third-order valence-corrected chi connectivity index (χ3v) is 4.15. The van der Waals surface area contributed by atoms with E-state index in [-0.39, 0.29) is 11.7 Å². The molecule has 0 fully saturated rings. The van der Waals surface area contributed by atoms with E-state index in [0.29, 0.717) is 17.3 Å². The van der Waals surface area contributed by atoms with Gasteiger partial charge in [-0.1, -0.05) is 12.1 Å². The second-order valence-corrected chi connectivity index (χ2v) is 6.32. The number of carbonyl (C=O) groups excluding carboxylic acids is 1. The summed E-state index contributed by atoms with van der Waals surface area (Å²) in [7, 11) is 0. The van der Waals surface area contributed by atoms with Crippen LogP contribution < -0.4 is 5.32 Å². The Labute approximate surface area is 142 Å². The zero-order valence-electron chi connectivity index (χ0n) is 13.0. The molecular weight excluding hydrogens is 327 g/mol. The van der Waals surface area contributed by atoms with Gasteiger partial charge in [0.25, 0.3) is 0 Å². The quantitative estimate of drug-likeness (QED) is 0.698. The molecule has 3 aromatic rings. The molecule has 2 heterocycles. The van der Waals surface area contributed by atoms with Gasteiger partial charge in [-0.3, -0.25) is 10.1 Å². The molecule has 24 heavy (non-hydrogen) atoms. The van der Waals surface area contributed by atoms with Crippen LogP contribution in [0.3, 0.4) is 0 Å². The number of hydrogen-bond acceptors (Lipinski definition) is 4. The molecule has 6 heteroatoms. The Bertz CT molecular complexity index is 865. The highest BCUT2D eigenvalue weighted by Crippen LogP contribution is 2.21. The molecule has 0 bridgehead atoms. The molecule has 1 aromatic carbocycles. The minimum atomic E-state index is -0.272. The van der Waals surface area contributed by atoms with Crippen molar-refractivity contribution in [1.29, 1.82) is 0 Å². The maximum Gasteiger partial charge on any atom is 0.250 e. The fourth-order valence-corrected chi connectivity index (χ4v) is 2.95. The van der Waals surface area contributed by atoms with Gasteiger partial charge in [-0.25, -0.2) is 9.37 Å². The van der Waals surface area contributed by atoms with Crippen molar-refractivity contribution in [1.82, 2.24) is 4.98 Å². The lowest BCUT2D eigenvalue weighted by Gasteiger charge is -1.98. The van der Waals surface area contributed by atoms with Gasteiger partial charge in [0.15, 0.2) is 5.13 Å². The highest BCUT2D eigenvalue weighted by atomic mass is 32.1. The summed E-state index contributed by atoms with van der Waals surface area (Å²) < 4.78 is 18.3. The summed E-state index contributed by atoms with van der Waals surface area (Å²) in [6.07, 6.45) is 5.37. The first kappa shape index (κ1) is 16.1. The Morgan fingerprint density at radius 3 is 2.79 bits per heavy atom. The molecule has 0 saturated heterocycles. The Hall–Kier alpha value is -2.73. The fourth-order valence-electron chi connectivity index (χ4n) is 2.10. The van der Waals surface area contributed by atoms with Crippen molar-refractivity contribution in [2.24, 2.45) is 0 Å². The molecule has 0 aliphatic carbocycles. The number of rotatable bonds is 5. The van der Waals surface area contributed by atoms with Gasteiger partial charge in [0.2, 0.25) is 5.91 Å². The standard InChI is InChI=1S/C18H15FN2O2S/c1-12-2-7-15(23-12)8-9-17(22)21-18-20-11-16(24-18)10-13-3-5-14(19)6-4-13/h2-9,11H,10H2,1H3,(H,20,21,22)/b9-8+. The Balaban J connectivity index is 1.58. The van der Waals surface area contributed by atoms with Crippen LogP contribution in [-0.2, 0) is 11.2 Å². The summed E-state index contributed by atoms with van der Waals surface area (Å²) in [6.45, 7) is 1.84. The number of nitrogens with one attached hydrogen (secondary N) is 1. The first-order chi connectivity index (χ1) is 11.6. The summed E-state index contributed by atoms with van der Waals surface area (Å²) in [5, 5.41) is 3.24. The monoisotopic (exact) mass is 342 g/mol. The Kier molecular flexibility index (Phi) is 4.86. The number of nitrogens with zero attached hydrogens (tertiary/aromatic N) is 1. The molecule has 3 rings (SSSR count). The summed E-state index contributed by atoms with van der Waals surface area (Å²) in [6, 6.07) is 9.96. The number of anilines is 1. The highest BCUT2D eigenvalue weighted by molar-refractivity contribution is 7.15. The molecular formula is C18H15FN2O2S. The van der Waals surface area contributed by atoms with Gasteiger partial charge < -0.3 is 4.42 Å². The van der Waals surface area contributed by atoms with Crippen LogP contribution in [-0.4, -0.2) is 10.9 Å². The van der Waals surface area contributed by atoms with Crippen molar-refractivity contribution < 1.29 is 13.6 Å². The topological polar surface area (TPSA) is 55.1 Å². The number of hydrogen-bond donors (Lipinski definition) is 1. The van der Waals surface area contributed by atoms with E-state index in [0.717, 1.165) is 16.2 Å². The van der Waals surface area contributed by atoms with E-state index in [2.05, 4.69) is 10.3 Å². The van der Waals surface area contributed by atoms with Crippen molar-refractivity contribution in [2.75, 3.05) is 5.32 Å². The van der Waals surface area contributed by atoms with Crippen LogP contribution in [0.15, 0.2) is 53.1 Å². The average Bonchev–Trinajstić information content (AvgIpc) is 3.17. The fraction of sp³-hybridized carbons (Fsp3) is 0.111. The minimum absolute atomic E-state index is 0.255. The van der Waals surface area contributed by atoms with E-state index >= 15 is 0 Å². The molecule has 0 aliphatic heterocycles. The maximum atomic E-state index is 12.9. The van der Waals surface area contributed by atoms with Crippen LogP contribution in [0.4, 0.5) is 9.52 Å². The predicted molar refractivity (Wildman–Crippen MR) is 92.4 cm³/mol. The molecule has 122 valence electrons. The molecule has 0 atom stereocenters. The molecule has 0 spiro atoms. The van der Waals surface area contributed by atoms with Crippen molar-refractivity contribution >= 4 is 28.5 Å². The second kappa shape index (κ2) is 7.23. The number of furan rings is 1. The van der Waals surface area contributed by atoms with Crippen LogP contribution in [0.5, 0.6) is 0 Å². The minimum Gasteiger partial charge on any atom is -0.462 e. The summed E-state index contributed by atoms with van der Waals surface area (Å²) in [5.41, 5.74) is 0.992. The van der Waals surface area contributed by atoms with E-state index in [4.69, 9.17) is 4.42 Å². The number of benzene rings is 1. The largest absolute Gasteiger partial charge is 0.462 e. The summed E-state index contributed by atoms with van der Waals surface area (Å²) >= 11 is 1.39. The molecule has 1 amide bonds. The SMILES string of the molecule is Cc1ccc(/C=C/C(=O)Nc2ncc(Cc3ccc(F)cc3)s2)o1. The molecule has 0 radical (unpaired) electrons. The van der Waals surface area contributed by atoms with Gasteiger partial charge >= 0.3 is 0 Å². The summed E-state index contributed by atoms with van der Waals surface area (Å²) in [5.74, 6) is 0.889. The number of aryl methyl sites for hydroxylation is 1. The molecule has 4 nitrogen and oxygen atoms in total. The normalized spacial score (nSPS) is 11.1. The number of amides is 1. The van der Waals surface area contributed by atoms with Crippen LogP contribution in [0.1, 0.15) is 22.0 Å². The number of aromatic nitrogens is 1. The van der Waals surface area contributed by atoms with Gasteiger partial charge in [0, 0.05) is 23.6 Å². The summed E-state index contributed by atoms with van der Waals surface area (Å²) in [4.78, 5) is 17.1. The lowest BCUT2D eigenvalue weighted by atomic mass is 10.1. The van der Waals surface area contributed by atoms with E-state index in [1.807, 2.05) is 13.0 Å². The van der Waals surface area contributed by atoms with Crippen LogP contribution in [0, 0.1) is 12.7 Å². The van der Waals surface area contributed by atoms with Crippen molar-refractivity contribution in [2.45, 2.75) is 13.3 Å². The number of halogens is 1. The van der Waals surface area contributed by atoms with Crippen LogP contribution in [0.2, 0.25) is 0 Å². The van der Waals surface area contributed by atoms with Gasteiger partial charge in [0.05, 0.1) is 0 Å².